The number of hydrogen-bond acceptors (Lipinski definition) is 3. The van der Waals surface area contributed by atoms with E-state index in [9.17, 15) is 9.18 Å². The molecule has 18 heavy (non-hydrogen) atoms. The van der Waals surface area contributed by atoms with E-state index in [4.69, 9.17) is 10.5 Å². The van der Waals surface area contributed by atoms with Crippen LogP contribution < -0.4 is 11.1 Å². The third-order valence-corrected chi connectivity index (χ3v) is 2.14. The largest absolute Gasteiger partial charge is 0.444 e. The summed E-state index contributed by atoms with van der Waals surface area (Å²) in [5, 5.41) is 2.55. The number of benzene rings is 1. The minimum Gasteiger partial charge on any atom is -0.444 e. The Morgan fingerprint density at radius 2 is 2.17 bits per heavy atom. The number of ether oxygens (including phenoxy) is 1. The van der Waals surface area contributed by atoms with Crippen molar-refractivity contribution in [2.45, 2.75) is 32.4 Å². The molecule has 0 fully saturated rings. The van der Waals surface area contributed by atoms with Gasteiger partial charge in [0.05, 0.1) is 0 Å². The van der Waals surface area contributed by atoms with Gasteiger partial charge in [0, 0.05) is 12.6 Å². The fraction of sp³-hybridized carbons (Fsp3) is 0.462. The van der Waals surface area contributed by atoms with Crippen LogP contribution in [0.3, 0.4) is 0 Å². The Labute approximate surface area is 106 Å². The zero-order valence-corrected chi connectivity index (χ0v) is 10.9. The molecule has 1 atom stereocenters. The molecular weight excluding hydrogens is 235 g/mol. The topological polar surface area (TPSA) is 64.3 Å². The van der Waals surface area contributed by atoms with Crippen molar-refractivity contribution in [2.75, 3.05) is 6.54 Å². The maximum atomic E-state index is 13.0. The molecule has 1 rings (SSSR count). The number of rotatable bonds is 3. The van der Waals surface area contributed by atoms with Crippen LogP contribution in [0.2, 0.25) is 0 Å². The molecule has 0 saturated carbocycles. The van der Waals surface area contributed by atoms with Gasteiger partial charge in [0.1, 0.15) is 11.4 Å². The van der Waals surface area contributed by atoms with Crippen molar-refractivity contribution in [3.63, 3.8) is 0 Å². The Kier molecular flexibility index (Phi) is 4.67. The first-order chi connectivity index (χ1) is 8.28. The van der Waals surface area contributed by atoms with Crippen LogP contribution in [-0.2, 0) is 4.74 Å². The van der Waals surface area contributed by atoms with E-state index < -0.39 is 17.7 Å². The number of amides is 1. The normalized spacial score (nSPS) is 12.9. The van der Waals surface area contributed by atoms with Crippen LogP contribution in [0.15, 0.2) is 24.3 Å². The number of carbonyl (C=O) groups is 1. The molecule has 0 aliphatic heterocycles. The molecule has 0 aliphatic carbocycles. The first-order valence-electron chi connectivity index (χ1n) is 5.76. The first kappa shape index (κ1) is 14.4. The molecule has 0 aromatic heterocycles. The Morgan fingerprint density at radius 3 is 2.72 bits per heavy atom. The van der Waals surface area contributed by atoms with Gasteiger partial charge in [-0.15, -0.1) is 0 Å². The fourth-order valence-electron chi connectivity index (χ4n) is 1.36. The summed E-state index contributed by atoms with van der Waals surface area (Å²) >= 11 is 0. The van der Waals surface area contributed by atoms with Gasteiger partial charge in [0.15, 0.2) is 0 Å². The molecule has 1 aromatic carbocycles. The molecule has 0 saturated heterocycles. The van der Waals surface area contributed by atoms with E-state index in [0.717, 1.165) is 0 Å². The van der Waals surface area contributed by atoms with E-state index in [2.05, 4.69) is 5.32 Å². The van der Waals surface area contributed by atoms with E-state index in [1.165, 1.54) is 12.1 Å². The average Bonchev–Trinajstić information content (AvgIpc) is 2.23. The third kappa shape index (κ3) is 5.14. The van der Waals surface area contributed by atoms with Crippen molar-refractivity contribution in [2.24, 2.45) is 5.73 Å². The van der Waals surface area contributed by atoms with Crippen LogP contribution >= 0.6 is 0 Å². The highest BCUT2D eigenvalue weighted by atomic mass is 19.1. The van der Waals surface area contributed by atoms with Gasteiger partial charge in [-0.05, 0) is 38.5 Å². The minimum absolute atomic E-state index is 0.193. The molecule has 0 heterocycles. The van der Waals surface area contributed by atoms with Crippen LogP contribution in [0.1, 0.15) is 32.4 Å². The molecule has 100 valence electrons. The second-order valence-electron chi connectivity index (χ2n) is 5.04. The molecule has 1 amide bonds. The van der Waals surface area contributed by atoms with E-state index in [-0.39, 0.29) is 12.4 Å². The number of nitrogens with one attached hydrogen (secondary N) is 1. The summed E-state index contributed by atoms with van der Waals surface area (Å²) < 4.78 is 18.0. The lowest BCUT2D eigenvalue weighted by atomic mass is 10.1. The second-order valence-corrected chi connectivity index (χ2v) is 5.04. The maximum absolute atomic E-state index is 13.0. The smallest absolute Gasteiger partial charge is 0.407 e. The minimum atomic E-state index is -0.549. The number of alkyl carbamates (subject to hydrolysis) is 1. The lowest BCUT2D eigenvalue weighted by molar-refractivity contribution is 0.0524. The quantitative estimate of drug-likeness (QED) is 0.870. The van der Waals surface area contributed by atoms with Crippen molar-refractivity contribution >= 4 is 6.09 Å². The van der Waals surface area contributed by atoms with Gasteiger partial charge in [-0.25, -0.2) is 9.18 Å². The lowest BCUT2D eigenvalue weighted by Crippen LogP contribution is -2.36. The van der Waals surface area contributed by atoms with Gasteiger partial charge in [-0.2, -0.15) is 0 Å². The van der Waals surface area contributed by atoms with Crippen molar-refractivity contribution in [3.05, 3.63) is 35.6 Å². The molecule has 5 heteroatoms. The van der Waals surface area contributed by atoms with Gasteiger partial charge in [-0.3, -0.25) is 0 Å². The van der Waals surface area contributed by atoms with Crippen molar-refractivity contribution in [1.29, 1.82) is 0 Å². The highest BCUT2D eigenvalue weighted by molar-refractivity contribution is 5.67. The van der Waals surface area contributed by atoms with E-state index in [1.807, 2.05) is 0 Å². The van der Waals surface area contributed by atoms with Gasteiger partial charge < -0.3 is 15.8 Å². The standard InChI is InChI=1S/C13H19FN2O2/c1-13(2,3)18-12(17)16-8-11(15)9-5-4-6-10(14)7-9/h4-7,11H,8,15H2,1-3H3,(H,16,17)/t11-/m1/s1. The molecule has 0 unspecified atom stereocenters. The first-order valence-corrected chi connectivity index (χ1v) is 5.76. The second kappa shape index (κ2) is 5.82. The summed E-state index contributed by atoms with van der Waals surface area (Å²) in [6, 6.07) is 5.52. The zero-order chi connectivity index (χ0) is 13.8. The molecule has 0 bridgehead atoms. The summed E-state index contributed by atoms with van der Waals surface area (Å²) in [6.45, 7) is 5.52. The van der Waals surface area contributed by atoms with Gasteiger partial charge in [0.2, 0.25) is 0 Å². The molecule has 4 nitrogen and oxygen atoms in total. The highest BCUT2D eigenvalue weighted by Gasteiger charge is 2.16. The van der Waals surface area contributed by atoms with E-state index >= 15 is 0 Å². The van der Waals surface area contributed by atoms with E-state index in [1.54, 1.807) is 32.9 Å². The van der Waals surface area contributed by atoms with Gasteiger partial charge in [-0.1, -0.05) is 12.1 Å². The predicted molar refractivity (Wildman–Crippen MR) is 67.6 cm³/mol. The number of halogens is 1. The molecular formula is C13H19FN2O2. The van der Waals surface area contributed by atoms with Gasteiger partial charge >= 0.3 is 6.09 Å². The Hall–Kier alpha value is -1.62. The van der Waals surface area contributed by atoms with Crippen molar-refractivity contribution in [1.82, 2.24) is 5.32 Å². The number of nitrogens with two attached hydrogens (primary N) is 1. The summed E-state index contributed by atoms with van der Waals surface area (Å²) in [4.78, 5) is 11.4. The van der Waals surface area contributed by atoms with E-state index in [0.29, 0.717) is 5.56 Å². The summed E-state index contributed by atoms with van der Waals surface area (Å²) in [7, 11) is 0. The van der Waals surface area contributed by atoms with Crippen molar-refractivity contribution in [3.8, 4) is 0 Å². The molecule has 0 spiro atoms. The predicted octanol–water partition coefficient (Wildman–Crippen LogP) is 2.35. The van der Waals surface area contributed by atoms with Crippen LogP contribution in [0.4, 0.5) is 9.18 Å². The monoisotopic (exact) mass is 254 g/mol. The Bertz CT molecular complexity index is 416. The Morgan fingerprint density at radius 1 is 1.50 bits per heavy atom. The van der Waals surface area contributed by atoms with Crippen LogP contribution in [0.25, 0.3) is 0 Å². The summed E-state index contributed by atoms with van der Waals surface area (Å²) in [6.07, 6.45) is -0.533. The van der Waals surface area contributed by atoms with Crippen LogP contribution in [0.5, 0.6) is 0 Å². The van der Waals surface area contributed by atoms with Crippen LogP contribution in [-0.4, -0.2) is 18.2 Å². The average molecular weight is 254 g/mol. The number of hydrogen-bond donors (Lipinski definition) is 2. The third-order valence-electron chi connectivity index (χ3n) is 2.14. The van der Waals surface area contributed by atoms with Gasteiger partial charge in [0.25, 0.3) is 0 Å². The molecule has 0 aliphatic rings. The Balaban J connectivity index is 2.46. The number of carbonyl (C=O) groups excluding carboxylic acids is 1. The highest BCUT2D eigenvalue weighted by Crippen LogP contribution is 2.11. The van der Waals surface area contributed by atoms with Crippen LogP contribution in [0, 0.1) is 5.82 Å². The molecule has 1 aromatic rings. The molecule has 0 radical (unpaired) electrons. The lowest BCUT2D eigenvalue weighted by Gasteiger charge is -2.20. The SMILES string of the molecule is CC(C)(C)OC(=O)NC[C@@H](N)c1cccc(F)c1. The summed E-state index contributed by atoms with van der Waals surface area (Å²) in [5.41, 5.74) is 5.92. The fourth-order valence-corrected chi connectivity index (χ4v) is 1.36. The summed E-state index contributed by atoms with van der Waals surface area (Å²) in [5.74, 6) is -0.347. The maximum Gasteiger partial charge on any atom is 0.407 e. The zero-order valence-electron chi connectivity index (χ0n) is 10.9. The molecule has 3 N–H and O–H groups in total. The van der Waals surface area contributed by atoms with Crippen molar-refractivity contribution < 1.29 is 13.9 Å².